The molecule has 0 bridgehead atoms. The van der Waals surface area contributed by atoms with E-state index in [4.69, 9.17) is 23.7 Å². The van der Waals surface area contributed by atoms with E-state index in [9.17, 15) is 34.2 Å². The molecule has 0 aromatic heterocycles. The minimum Gasteiger partial charge on any atom is -0.497 e. The highest BCUT2D eigenvalue weighted by Crippen LogP contribution is 2.33. The van der Waals surface area contributed by atoms with Gasteiger partial charge in [0.05, 0.1) is 37.3 Å². The minimum absolute atomic E-state index is 0.0442. The zero-order valence-electron chi connectivity index (χ0n) is 29.4. The summed E-state index contributed by atoms with van der Waals surface area (Å²) >= 11 is 5.64. The fourth-order valence-electron chi connectivity index (χ4n) is 3.90. The molecule has 4 rings (SSSR count). The molecule has 14 nitrogen and oxygen atoms in total. The Morgan fingerprint density at radius 3 is 1.58 bits per heavy atom. The predicted molar refractivity (Wildman–Crippen MR) is 199 cm³/mol. The Hall–Kier alpha value is -5.55. The first kappa shape index (κ1) is 43.6. The van der Waals surface area contributed by atoms with Crippen molar-refractivity contribution < 1.29 is 52.2 Å². The average Bonchev–Trinajstić information content (AvgIpc) is 3.16. The van der Waals surface area contributed by atoms with Gasteiger partial charge in [-0.1, -0.05) is 24.3 Å². The molecular formula is C36H39FN2O12S2. The molecule has 284 valence electrons. The van der Waals surface area contributed by atoms with Gasteiger partial charge in [-0.25, -0.2) is 14.0 Å². The standard InChI is InChI=1S/C18H19NO6S.C10H10FNO5.C8H10OS/c1-3-24-18(20)11-25-17-10-15(8-9-16(17)19(21)22)26-12-13-4-6-14(23-2)7-5-13;1-2-16-10(13)6-17-9-5-7(11)3-4-8(9)12(14)15;1-9-8-4-2-7(6-10)3-5-8/h4-10H,3,11-12H2,1-2H3;3-5H,2,6H2,1H3;2-5,10H,6H2,1H3. The second-order valence-corrected chi connectivity index (χ2v) is 11.5. The molecule has 4 aromatic rings. The number of hydrogen-bond donors (Lipinski definition) is 1. The van der Waals surface area contributed by atoms with Gasteiger partial charge in [0.2, 0.25) is 5.75 Å². The van der Waals surface area contributed by atoms with Crippen molar-refractivity contribution in [3.8, 4) is 23.0 Å². The summed E-state index contributed by atoms with van der Waals surface area (Å²) in [7, 11) is 3.27. The maximum absolute atomic E-state index is 12.9. The predicted octanol–water partition coefficient (Wildman–Crippen LogP) is 7.64. The molecule has 0 aliphatic rings. The summed E-state index contributed by atoms with van der Waals surface area (Å²) in [6, 6.07) is 22.9. The smallest absolute Gasteiger partial charge is 0.344 e. The van der Waals surface area contributed by atoms with E-state index < -0.39 is 39.9 Å². The average molecular weight is 775 g/mol. The van der Waals surface area contributed by atoms with Crippen molar-refractivity contribution in [2.75, 3.05) is 40.6 Å². The first-order valence-electron chi connectivity index (χ1n) is 15.7. The maximum atomic E-state index is 12.9. The largest absolute Gasteiger partial charge is 0.497 e. The fraction of sp³-hybridized carbons (Fsp3) is 0.278. The van der Waals surface area contributed by atoms with Crippen molar-refractivity contribution in [2.45, 2.75) is 30.2 Å². The Morgan fingerprint density at radius 2 is 1.15 bits per heavy atom. The summed E-state index contributed by atoms with van der Waals surface area (Å²) in [5.74, 6) is 0.946. The molecule has 0 spiro atoms. The lowest BCUT2D eigenvalue weighted by Gasteiger charge is -2.09. The summed E-state index contributed by atoms with van der Waals surface area (Å²) in [5, 5.41) is 21.7. The first-order chi connectivity index (χ1) is 25.4. The highest BCUT2D eigenvalue weighted by atomic mass is 32.2. The number of nitro benzene ring substituents is 2. The second kappa shape index (κ2) is 23.8. The van der Waals surface area contributed by atoms with Crippen molar-refractivity contribution >= 4 is 47.7 Å². The van der Waals surface area contributed by atoms with Gasteiger partial charge in [0.15, 0.2) is 19.0 Å². The molecule has 0 saturated carbocycles. The number of ether oxygens (including phenoxy) is 6. The molecule has 0 atom stereocenters. The van der Waals surface area contributed by atoms with Crippen LogP contribution >= 0.6 is 24.4 Å². The molecule has 0 heterocycles. The number of carbonyl (C=O) groups is 2. The van der Waals surface area contributed by atoms with E-state index in [-0.39, 0.29) is 37.0 Å². The topological polar surface area (TPSA) is 176 Å². The summed E-state index contributed by atoms with van der Waals surface area (Å²) in [4.78, 5) is 43.6. The Labute approximate surface area is 315 Å². The van der Waals surface area contributed by atoms with Gasteiger partial charge in [0.25, 0.3) is 0 Å². The van der Waals surface area contributed by atoms with Crippen molar-refractivity contribution in [3.63, 3.8) is 0 Å². The lowest BCUT2D eigenvalue weighted by atomic mass is 10.2. The zero-order chi connectivity index (χ0) is 39.2. The molecular weight excluding hydrogens is 736 g/mol. The van der Waals surface area contributed by atoms with E-state index >= 15 is 0 Å². The van der Waals surface area contributed by atoms with Gasteiger partial charge in [0, 0.05) is 40.7 Å². The third kappa shape index (κ3) is 16.1. The number of nitro groups is 2. The van der Waals surface area contributed by atoms with E-state index in [1.165, 1.54) is 23.4 Å². The van der Waals surface area contributed by atoms with Crippen LogP contribution in [0.1, 0.15) is 25.0 Å². The molecule has 53 heavy (non-hydrogen) atoms. The second-order valence-electron chi connectivity index (χ2n) is 10.1. The summed E-state index contributed by atoms with van der Waals surface area (Å²) in [5.41, 5.74) is 1.70. The normalized spacial score (nSPS) is 9.92. The number of hydrogen-bond acceptors (Lipinski definition) is 14. The molecule has 0 saturated heterocycles. The molecule has 0 amide bonds. The molecule has 0 N–H and O–H groups in total. The van der Waals surface area contributed by atoms with Crippen LogP contribution in [0, 0.1) is 26.0 Å². The van der Waals surface area contributed by atoms with E-state index in [2.05, 4.69) is 17.4 Å². The van der Waals surface area contributed by atoms with Crippen LogP contribution < -0.4 is 18.9 Å². The van der Waals surface area contributed by atoms with Crippen LogP contribution in [-0.4, -0.2) is 62.4 Å². The maximum Gasteiger partial charge on any atom is 0.344 e. The van der Waals surface area contributed by atoms with Crippen molar-refractivity contribution in [3.05, 3.63) is 122 Å². The van der Waals surface area contributed by atoms with Gasteiger partial charge in [-0.2, -0.15) is 12.6 Å². The number of carbonyl (C=O) groups excluding carboxylic acids is 2. The van der Waals surface area contributed by atoms with E-state index in [0.29, 0.717) is 5.75 Å². The first-order valence-corrected chi connectivity index (χ1v) is 17.3. The molecule has 0 radical (unpaired) electrons. The summed E-state index contributed by atoms with van der Waals surface area (Å²) < 4.78 is 42.4. The quantitative estimate of drug-likeness (QED) is 0.0387. The van der Waals surface area contributed by atoms with Gasteiger partial charge < -0.3 is 28.4 Å². The highest BCUT2D eigenvalue weighted by molar-refractivity contribution is 7.98. The summed E-state index contributed by atoms with van der Waals surface area (Å²) in [6.45, 7) is 2.81. The van der Waals surface area contributed by atoms with E-state index in [1.807, 2.05) is 48.5 Å². The zero-order valence-corrected chi connectivity index (χ0v) is 31.1. The van der Waals surface area contributed by atoms with E-state index in [1.54, 1.807) is 40.2 Å². The van der Waals surface area contributed by atoms with Crippen LogP contribution in [0.15, 0.2) is 89.8 Å². The van der Waals surface area contributed by atoms with Crippen LogP contribution in [0.4, 0.5) is 15.8 Å². The Bertz CT molecular complexity index is 1750. The number of thiol groups is 1. The van der Waals surface area contributed by atoms with Gasteiger partial charge in [-0.05, 0) is 61.4 Å². The van der Waals surface area contributed by atoms with Crippen molar-refractivity contribution in [2.24, 2.45) is 0 Å². The van der Waals surface area contributed by atoms with Crippen LogP contribution in [0.3, 0.4) is 0 Å². The number of benzene rings is 4. The van der Waals surface area contributed by atoms with Gasteiger partial charge in [-0.3, -0.25) is 20.2 Å². The number of nitrogens with zero attached hydrogens (tertiary/aromatic N) is 2. The fourth-order valence-corrected chi connectivity index (χ4v) is 4.99. The third-order valence-corrected chi connectivity index (χ3v) is 7.88. The third-order valence-electron chi connectivity index (χ3n) is 6.45. The Kier molecular flexibility index (Phi) is 19.6. The van der Waals surface area contributed by atoms with Crippen molar-refractivity contribution in [1.29, 1.82) is 0 Å². The Morgan fingerprint density at radius 1 is 0.698 bits per heavy atom. The van der Waals surface area contributed by atoms with Gasteiger partial charge >= 0.3 is 23.3 Å². The molecule has 4 aromatic carbocycles. The van der Waals surface area contributed by atoms with Gasteiger partial charge in [0.1, 0.15) is 17.3 Å². The molecule has 0 aliphatic heterocycles. The number of methoxy groups -OCH3 is 2. The highest BCUT2D eigenvalue weighted by Gasteiger charge is 2.18. The number of rotatable bonds is 16. The number of esters is 2. The van der Waals surface area contributed by atoms with Crippen LogP contribution in [-0.2, 0) is 30.6 Å². The summed E-state index contributed by atoms with van der Waals surface area (Å²) in [6.07, 6.45) is 0. The van der Waals surface area contributed by atoms with Crippen molar-refractivity contribution in [1.82, 2.24) is 0 Å². The molecule has 0 aliphatic carbocycles. The number of thioether (sulfide) groups is 1. The lowest BCUT2D eigenvalue weighted by molar-refractivity contribution is -0.386. The number of halogens is 1. The Balaban J connectivity index is 0.000000307. The molecule has 0 unspecified atom stereocenters. The van der Waals surface area contributed by atoms with Crippen LogP contribution in [0.2, 0.25) is 0 Å². The molecule has 17 heteroatoms. The SMILES string of the molecule is CCOC(=O)COc1cc(F)ccc1[N+](=O)[O-].CCOC(=O)COc1cc(SCc2ccc(OC)cc2)ccc1[N+](=O)[O-].COc1ccc(CS)cc1. The van der Waals surface area contributed by atoms with Gasteiger partial charge in [-0.15, -0.1) is 11.8 Å². The van der Waals surface area contributed by atoms with Crippen LogP contribution in [0.5, 0.6) is 23.0 Å². The molecule has 0 fully saturated rings. The lowest BCUT2D eigenvalue weighted by Crippen LogP contribution is -2.15. The minimum atomic E-state index is -0.722. The monoisotopic (exact) mass is 774 g/mol. The van der Waals surface area contributed by atoms with Crippen LogP contribution in [0.25, 0.3) is 0 Å². The van der Waals surface area contributed by atoms with E-state index in [0.717, 1.165) is 45.9 Å².